The highest BCUT2D eigenvalue weighted by Gasteiger charge is 2.11. The number of halogens is 1. The van der Waals surface area contributed by atoms with E-state index in [0.29, 0.717) is 11.4 Å². The summed E-state index contributed by atoms with van der Waals surface area (Å²) in [6, 6.07) is 10.7. The topological polar surface area (TPSA) is 107 Å². The normalized spacial score (nSPS) is 10.3. The van der Waals surface area contributed by atoms with Crippen LogP contribution < -0.4 is 11.1 Å². The molecule has 1 amide bonds. The minimum atomic E-state index is -0.362. The van der Waals surface area contributed by atoms with Gasteiger partial charge in [0.25, 0.3) is 5.91 Å². The van der Waals surface area contributed by atoms with Crippen LogP contribution in [0.25, 0.3) is 11.4 Å². The molecule has 0 spiro atoms. The summed E-state index contributed by atoms with van der Waals surface area (Å²) in [5, 5.41) is 2.63. The molecule has 0 bridgehead atoms. The molecule has 0 aliphatic heterocycles. The molecule has 0 radical (unpaired) electrons. The molecule has 2 heterocycles. The molecule has 1 aromatic carbocycles. The Bertz CT molecular complexity index is 870. The Morgan fingerprint density at radius 2 is 1.96 bits per heavy atom. The molecule has 0 fully saturated rings. The van der Waals surface area contributed by atoms with E-state index in [-0.39, 0.29) is 17.7 Å². The van der Waals surface area contributed by atoms with Crippen LogP contribution in [0.2, 0.25) is 0 Å². The number of pyridine rings is 1. The molecule has 3 rings (SSSR count). The third-order valence-electron chi connectivity index (χ3n) is 2.96. The number of nitrogens with one attached hydrogen (secondary N) is 1. The van der Waals surface area contributed by atoms with Gasteiger partial charge in [-0.1, -0.05) is 18.2 Å². The largest absolute Gasteiger partial charge is 0.384 e. The van der Waals surface area contributed by atoms with E-state index in [2.05, 4.69) is 47.8 Å². The quantitative estimate of drug-likeness (QED) is 0.633. The van der Waals surface area contributed by atoms with Gasteiger partial charge in [-0.2, -0.15) is 4.98 Å². The van der Waals surface area contributed by atoms with Gasteiger partial charge < -0.3 is 5.73 Å². The molecule has 0 unspecified atom stereocenters. The molecule has 8 heteroatoms. The minimum absolute atomic E-state index is 0.176. The first-order chi connectivity index (χ1) is 11.1. The number of aromatic nitrogens is 4. The number of benzene rings is 1. The summed E-state index contributed by atoms with van der Waals surface area (Å²) in [5.74, 6) is 0.580. The highest BCUT2D eigenvalue weighted by atomic mass is 127. The first kappa shape index (κ1) is 15.3. The van der Waals surface area contributed by atoms with Crippen molar-refractivity contribution in [3.8, 4) is 11.4 Å². The number of nitrogens with zero attached hydrogens (tertiary/aromatic N) is 4. The second kappa shape index (κ2) is 6.65. The predicted octanol–water partition coefficient (Wildman–Crippen LogP) is 2.37. The van der Waals surface area contributed by atoms with Crippen LogP contribution in [-0.4, -0.2) is 25.8 Å². The number of hydrogen-bond donors (Lipinski definition) is 2. The molecule has 0 aliphatic rings. The molecule has 3 N–H and O–H groups in total. The zero-order valence-corrected chi connectivity index (χ0v) is 13.9. The molecule has 114 valence electrons. The van der Waals surface area contributed by atoms with Crippen molar-refractivity contribution in [2.75, 3.05) is 11.1 Å². The maximum atomic E-state index is 12.2. The molecular weight excluding hydrogens is 407 g/mol. The van der Waals surface area contributed by atoms with E-state index in [0.717, 1.165) is 9.13 Å². The summed E-state index contributed by atoms with van der Waals surface area (Å²) in [4.78, 5) is 28.5. The van der Waals surface area contributed by atoms with Crippen LogP contribution in [0.1, 0.15) is 10.4 Å². The fraction of sp³-hybridized carbons (Fsp3) is 0. The van der Waals surface area contributed by atoms with Gasteiger partial charge in [-0.15, -0.1) is 0 Å². The third kappa shape index (κ3) is 3.59. The fourth-order valence-electron chi connectivity index (χ4n) is 1.89. The first-order valence-electron chi connectivity index (χ1n) is 6.60. The van der Waals surface area contributed by atoms with Crippen LogP contribution in [0, 0.1) is 3.57 Å². The van der Waals surface area contributed by atoms with Crippen LogP contribution in [0.15, 0.2) is 48.9 Å². The van der Waals surface area contributed by atoms with Crippen molar-refractivity contribution in [2.45, 2.75) is 0 Å². The van der Waals surface area contributed by atoms with Crippen LogP contribution >= 0.6 is 22.6 Å². The Balaban J connectivity index is 1.86. The lowest BCUT2D eigenvalue weighted by Crippen LogP contribution is -2.15. The van der Waals surface area contributed by atoms with Crippen molar-refractivity contribution >= 4 is 40.3 Å². The smallest absolute Gasteiger partial charge is 0.258 e. The molecule has 0 saturated carbocycles. The van der Waals surface area contributed by atoms with Crippen molar-refractivity contribution in [3.05, 3.63) is 58.1 Å². The molecular formula is C15H11IN6O. The summed E-state index contributed by atoms with van der Waals surface area (Å²) < 4.78 is 1.01. The van der Waals surface area contributed by atoms with E-state index in [1.165, 1.54) is 18.6 Å². The molecule has 2 aromatic heterocycles. The molecule has 3 aromatic rings. The summed E-state index contributed by atoms with van der Waals surface area (Å²) in [6.07, 6.45) is 2.83. The Kier molecular flexibility index (Phi) is 4.42. The third-order valence-corrected chi connectivity index (χ3v) is 3.90. The summed E-state index contributed by atoms with van der Waals surface area (Å²) in [5.41, 5.74) is 6.83. The van der Waals surface area contributed by atoms with Gasteiger partial charge in [-0.3, -0.25) is 10.1 Å². The van der Waals surface area contributed by atoms with E-state index in [1.54, 1.807) is 6.07 Å². The Hall–Kier alpha value is -2.62. The number of anilines is 2. The monoisotopic (exact) mass is 418 g/mol. The number of hydrogen-bond acceptors (Lipinski definition) is 6. The summed E-state index contributed by atoms with van der Waals surface area (Å²) in [6.45, 7) is 0. The van der Waals surface area contributed by atoms with Gasteiger partial charge >= 0.3 is 0 Å². The van der Waals surface area contributed by atoms with Crippen LogP contribution in [-0.2, 0) is 0 Å². The van der Waals surface area contributed by atoms with Crippen LogP contribution in [0.3, 0.4) is 0 Å². The van der Waals surface area contributed by atoms with Crippen LogP contribution in [0.4, 0.5) is 11.8 Å². The first-order valence-corrected chi connectivity index (χ1v) is 7.68. The number of nitrogens with two attached hydrogens (primary N) is 1. The second-order valence-corrected chi connectivity index (χ2v) is 5.70. The van der Waals surface area contributed by atoms with E-state index >= 15 is 0 Å². The number of carbonyl (C=O) groups is 1. The van der Waals surface area contributed by atoms with Gasteiger partial charge in [0.1, 0.15) is 12.1 Å². The average Bonchev–Trinajstić information content (AvgIpc) is 2.55. The number of rotatable bonds is 3. The molecule has 23 heavy (non-hydrogen) atoms. The lowest BCUT2D eigenvalue weighted by atomic mass is 10.2. The SMILES string of the molecule is Nc1cc(C(=O)Nc2ncnc(-c3ccccc3I)n2)ccn1. The zero-order chi connectivity index (χ0) is 16.2. The van der Waals surface area contributed by atoms with E-state index < -0.39 is 0 Å². The minimum Gasteiger partial charge on any atom is -0.384 e. The van der Waals surface area contributed by atoms with Gasteiger partial charge in [0.05, 0.1) is 0 Å². The molecule has 0 aliphatic carbocycles. The summed E-state index contributed by atoms with van der Waals surface area (Å²) in [7, 11) is 0. The number of amides is 1. The second-order valence-electron chi connectivity index (χ2n) is 4.54. The van der Waals surface area contributed by atoms with Gasteiger partial charge in [0, 0.05) is 20.9 Å². The van der Waals surface area contributed by atoms with E-state index in [4.69, 9.17) is 5.73 Å². The van der Waals surface area contributed by atoms with Crippen molar-refractivity contribution in [1.82, 2.24) is 19.9 Å². The highest BCUT2D eigenvalue weighted by Crippen LogP contribution is 2.21. The van der Waals surface area contributed by atoms with Crippen molar-refractivity contribution < 1.29 is 4.79 Å². The van der Waals surface area contributed by atoms with Gasteiger partial charge in [0.15, 0.2) is 5.82 Å². The maximum absolute atomic E-state index is 12.2. The van der Waals surface area contributed by atoms with Gasteiger partial charge in [-0.05, 0) is 40.8 Å². The standard InChI is InChI=1S/C15H11IN6O/c16-11-4-2-1-3-10(11)13-19-8-20-15(21-13)22-14(23)9-5-6-18-12(17)7-9/h1-8H,(H2,17,18)(H,19,20,21,22,23). The Labute approximate surface area is 145 Å². The Morgan fingerprint density at radius 3 is 2.74 bits per heavy atom. The van der Waals surface area contributed by atoms with Gasteiger partial charge in [0.2, 0.25) is 5.95 Å². The lowest BCUT2D eigenvalue weighted by molar-refractivity contribution is 0.102. The highest BCUT2D eigenvalue weighted by molar-refractivity contribution is 14.1. The van der Waals surface area contributed by atoms with E-state index in [9.17, 15) is 4.79 Å². The van der Waals surface area contributed by atoms with E-state index in [1.807, 2.05) is 24.3 Å². The van der Waals surface area contributed by atoms with Gasteiger partial charge in [-0.25, -0.2) is 15.0 Å². The fourth-order valence-corrected chi connectivity index (χ4v) is 2.52. The summed E-state index contributed by atoms with van der Waals surface area (Å²) >= 11 is 2.21. The number of nitrogen functional groups attached to an aromatic ring is 1. The zero-order valence-electron chi connectivity index (χ0n) is 11.8. The van der Waals surface area contributed by atoms with Crippen LogP contribution in [0.5, 0.6) is 0 Å². The lowest BCUT2D eigenvalue weighted by Gasteiger charge is -2.06. The van der Waals surface area contributed by atoms with Crippen molar-refractivity contribution in [1.29, 1.82) is 0 Å². The number of carbonyl (C=O) groups excluding carboxylic acids is 1. The van der Waals surface area contributed by atoms with Crippen molar-refractivity contribution in [3.63, 3.8) is 0 Å². The molecule has 0 atom stereocenters. The predicted molar refractivity (Wildman–Crippen MR) is 94.6 cm³/mol. The Morgan fingerprint density at radius 1 is 1.13 bits per heavy atom. The van der Waals surface area contributed by atoms with Crippen molar-refractivity contribution in [2.24, 2.45) is 0 Å². The molecule has 0 saturated heterocycles. The maximum Gasteiger partial charge on any atom is 0.258 e. The molecule has 7 nitrogen and oxygen atoms in total. The average molecular weight is 418 g/mol.